The molecule has 0 atom stereocenters. The van der Waals surface area contributed by atoms with Crippen LogP contribution in [-0.2, 0) is 17.0 Å². The van der Waals surface area contributed by atoms with Crippen molar-refractivity contribution in [3.63, 3.8) is 0 Å². The topological polar surface area (TPSA) is 39.9 Å². The van der Waals surface area contributed by atoms with Crippen LogP contribution in [0.3, 0.4) is 0 Å². The fourth-order valence-electron chi connectivity index (χ4n) is 2.84. The Hall–Kier alpha value is -0.550. The Labute approximate surface area is 140 Å². The highest BCUT2D eigenvalue weighted by atomic mass is 32.2. The third-order valence-corrected chi connectivity index (χ3v) is 4.47. The van der Waals surface area contributed by atoms with Crippen molar-refractivity contribution >= 4 is 11.8 Å². The molecule has 0 radical (unpaired) electrons. The highest BCUT2D eigenvalue weighted by molar-refractivity contribution is 7.98. The van der Waals surface area contributed by atoms with E-state index >= 15 is 0 Å². The number of nitrogens with zero attached hydrogens (tertiary/aromatic N) is 3. The number of rotatable bonds is 10. The molecule has 0 saturated heterocycles. The van der Waals surface area contributed by atoms with Gasteiger partial charge in [-0.3, -0.25) is 0 Å². The molecule has 0 amide bonds. The molecular formula is C17H33N3OS. The zero-order valence-electron chi connectivity index (χ0n) is 15.3. The molecule has 0 aliphatic carbocycles. The summed E-state index contributed by atoms with van der Waals surface area (Å²) >= 11 is 1.88. The molecule has 128 valence electrons. The summed E-state index contributed by atoms with van der Waals surface area (Å²) in [6.45, 7) is 16.3. The van der Waals surface area contributed by atoms with Crippen molar-refractivity contribution in [2.45, 2.75) is 84.5 Å². The van der Waals surface area contributed by atoms with Gasteiger partial charge in [-0.2, -0.15) is 0 Å². The molecule has 0 aliphatic rings. The van der Waals surface area contributed by atoms with E-state index in [0.717, 1.165) is 37.4 Å². The molecule has 0 spiro atoms. The molecule has 0 aromatic carbocycles. The Balaban J connectivity index is 2.56. The van der Waals surface area contributed by atoms with Crippen molar-refractivity contribution in [1.29, 1.82) is 0 Å². The maximum Gasteiger partial charge on any atom is 0.0883 e. The molecule has 1 heterocycles. The summed E-state index contributed by atoms with van der Waals surface area (Å²) in [5.41, 5.74) is 1.12. The van der Waals surface area contributed by atoms with Gasteiger partial charge in [0.15, 0.2) is 0 Å². The Morgan fingerprint density at radius 1 is 1.27 bits per heavy atom. The van der Waals surface area contributed by atoms with Crippen LogP contribution in [0.2, 0.25) is 0 Å². The smallest absolute Gasteiger partial charge is 0.0883 e. The van der Waals surface area contributed by atoms with Gasteiger partial charge in [-0.25, -0.2) is 4.68 Å². The lowest BCUT2D eigenvalue weighted by molar-refractivity contribution is -0.0455. The van der Waals surface area contributed by atoms with E-state index in [1.54, 1.807) is 0 Å². The minimum Gasteiger partial charge on any atom is -0.376 e. The molecule has 4 nitrogen and oxygen atoms in total. The van der Waals surface area contributed by atoms with E-state index in [9.17, 15) is 0 Å². The van der Waals surface area contributed by atoms with E-state index in [-0.39, 0.29) is 11.0 Å². The van der Waals surface area contributed by atoms with Crippen LogP contribution in [0.1, 0.15) is 67.0 Å². The van der Waals surface area contributed by atoms with Crippen molar-refractivity contribution in [3.8, 4) is 0 Å². The normalized spacial score (nSPS) is 13.1. The van der Waals surface area contributed by atoms with Gasteiger partial charge < -0.3 is 4.74 Å². The van der Waals surface area contributed by atoms with Crippen LogP contribution in [0.4, 0.5) is 0 Å². The van der Waals surface area contributed by atoms with Crippen molar-refractivity contribution in [1.82, 2.24) is 15.0 Å². The first-order valence-corrected chi connectivity index (χ1v) is 9.33. The highest BCUT2D eigenvalue weighted by Gasteiger charge is 2.30. The molecule has 0 N–H and O–H groups in total. The van der Waals surface area contributed by atoms with Crippen LogP contribution >= 0.6 is 11.8 Å². The zero-order valence-corrected chi connectivity index (χ0v) is 16.2. The molecule has 0 aliphatic heterocycles. The van der Waals surface area contributed by atoms with Gasteiger partial charge in [0.05, 0.1) is 17.2 Å². The summed E-state index contributed by atoms with van der Waals surface area (Å²) in [7, 11) is 0. The lowest BCUT2D eigenvalue weighted by atomic mass is 9.78. The monoisotopic (exact) mass is 327 g/mol. The van der Waals surface area contributed by atoms with Crippen LogP contribution in [0.15, 0.2) is 6.20 Å². The van der Waals surface area contributed by atoms with Crippen molar-refractivity contribution in [2.75, 3.05) is 6.61 Å². The molecular weight excluding hydrogens is 294 g/mol. The number of ether oxygens (including phenoxy) is 1. The maximum absolute atomic E-state index is 5.98. The molecule has 1 rings (SSSR count). The molecule has 0 fully saturated rings. The highest BCUT2D eigenvalue weighted by Crippen LogP contribution is 2.33. The Morgan fingerprint density at radius 2 is 1.95 bits per heavy atom. The van der Waals surface area contributed by atoms with Gasteiger partial charge in [-0.15, -0.1) is 16.9 Å². The van der Waals surface area contributed by atoms with Gasteiger partial charge in [-0.05, 0) is 38.5 Å². The van der Waals surface area contributed by atoms with Crippen LogP contribution in [0, 0.1) is 5.41 Å². The minimum atomic E-state index is -0.0942. The molecule has 5 heteroatoms. The molecule has 22 heavy (non-hydrogen) atoms. The van der Waals surface area contributed by atoms with Crippen LogP contribution in [0.5, 0.6) is 0 Å². The lowest BCUT2D eigenvalue weighted by Gasteiger charge is -2.34. The molecule has 0 saturated carbocycles. The Kier molecular flexibility index (Phi) is 7.39. The first-order valence-electron chi connectivity index (χ1n) is 8.28. The van der Waals surface area contributed by atoms with Crippen LogP contribution in [0.25, 0.3) is 0 Å². The van der Waals surface area contributed by atoms with E-state index in [2.05, 4.69) is 65.0 Å². The molecule has 1 aromatic heterocycles. The third kappa shape index (κ3) is 7.63. The minimum absolute atomic E-state index is 0.0942. The second kappa shape index (κ2) is 8.34. The zero-order chi connectivity index (χ0) is 16.8. The average molecular weight is 328 g/mol. The van der Waals surface area contributed by atoms with Crippen LogP contribution < -0.4 is 0 Å². The van der Waals surface area contributed by atoms with Gasteiger partial charge >= 0.3 is 0 Å². The van der Waals surface area contributed by atoms with Crippen molar-refractivity contribution in [3.05, 3.63) is 11.9 Å². The van der Waals surface area contributed by atoms with Gasteiger partial charge in [0, 0.05) is 18.1 Å². The number of hydrogen-bond acceptors (Lipinski definition) is 4. The van der Waals surface area contributed by atoms with Gasteiger partial charge in [0.2, 0.25) is 0 Å². The third-order valence-electron chi connectivity index (χ3n) is 3.39. The van der Waals surface area contributed by atoms with Crippen molar-refractivity contribution < 1.29 is 4.74 Å². The van der Waals surface area contributed by atoms with E-state index in [0.29, 0.717) is 5.25 Å². The SMILES string of the molecule is CCCOC(C)(C)CC(C)(C)Cc1cn(CSC(C)C)nn1. The molecule has 1 aromatic rings. The van der Waals surface area contributed by atoms with Crippen molar-refractivity contribution in [2.24, 2.45) is 5.41 Å². The lowest BCUT2D eigenvalue weighted by Crippen LogP contribution is -2.33. The molecule has 0 bridgehead atoms. The number of aromatic nitrogens is 3. The number of thioether (sulfide) groups is 1. The van der Waals surface area contributed by atoms with E-state index in [1.165, 1.54) is 0 Å². The summed E-state index contributed by atoms with van der Waals surface area (Å²) in [6.07, 6.45) is 5.08. The fourth-order valence-corrected chi connectivity index (χ4v) is 3.42. The number of hydrogen-bond donors (Lipinski definition) is 0. The summed E-state index contributed by atoms with van der Waals surface area (Å²) in [5, 5.41) is 9.17. The second-order valence-corrected chi connectivity index (χ2v) is 9.25. The quantitative estimate of drug-likeness (QED) is 0.632. The largest absolute Gasteiger partial charge is 0.376 e. The fraction of sp³-hybridized carbons (Fsp3) is 0.882. The Bertz CT molecular complexity index is 441. The first-order chi connectivity index (χ1) is 10.1. The maximum atomic E-state index is 5.98. The predicted octanol–water partition coefficient (Wildman–Crippen LogP) is 4.54. The summed E-state index contributed by atoms with van der Waals surface area (Å²) in [6, 6.07) is 0. The Morgan fingerprint density at radius 3 is 2.55 bits per heavy atom. The van der Waals surface area contributed by atoms with Gasteiger partial charge in [-0.1, -0.05) is 39.8 Å². The van der Waals surface area contributed by atoms with E-state index in [4.69, 9.17) is 4.74 Å². The summed E-state index contributed by atoms with van der Waals surface area (Å²) < 4.78 is 7.92. The van der Waals surface area contributed by atoms with E-state index < -0.39 is 0 Å². The van der Waals surface area contributed by atoms with E-state index in [1.807, 2.05) is 16.4 Å². The summed E-state index contributed by atoms with van der Waals surface area (Å²) in [4.78, 5) is 0. The predicted molar refractivity (Wildman–Crippen MR) is 95.2 cm³/mol. The standard InChI is InChI=1S/C17H33N3OS/c1-8-9-21-17(6,7)12-16(4,5)10-15-11-20(19-18-15)13-22-14(2)3/h11,14H,8-10,12-13H2,1-7H3. The second-order valence-electron chi connectivity index (χ2n) is 7.72. The molecule has 0 unspecified atom stereocenters. The van der Waals surface area contributed by atoms with Gasteiger partial charge in [0.25, 0.3) is 0 Å². The average Bonchev–Trinajstić information content (AvgIpc) is 2.79. The van der Waals surface area contributed by atoms with Crippen LogP contribution in [-0.4, -0.2) is 32.5 Å². The summed E-state index contributed by atoms with van der Waals surface area (Å²) in [5.74, 6) is 0.871. The van der Waals surface area contributed by atoms with Gasteiger partial charge in [0.1, 0.15) is 0 Å². The first kappa shape index (κ1) is 19.5.